The van der Waals surface area contributed by atoms with Crippen molar-refractivity contribution in [2.24, 2.45) is 0 Å². The Bertz CT molecular complexity index is 531. The van der Waals surface area contributed by atoms with Crippen molar-refractivity contribution < 1.29 is 62.4 Å². The molecular formula is C16H38O9Si4Ti. The number of allylic oxidation sites excluding steroid dienone is 1. The molecule has 9 nitrogen and oxygen atoms in total. The first kappa shape index (κ1) is 32.5. The number of carbonyl (C=O) groups excluding carboxylic acids is 1. The van der Waals surface area contributed by atoms with Gasteiger partial charge in [-0.25, -0.2) is 4.79 Å². The van der Waals surface area contributed by atoms with Gasteiger partial charge < -0.3 is 35.9 Å². The van der Waals surface area contributed by atoms with Crippen LogP contribution in [0.15, 0.2) is 11.8 Å². The summed E-state index contributed by atoms with van der Waals surface area (Å²) in [6, 6.07) is 1.55. The van der Waals surface area contributed by atoms with Crippen molar-refractivity contribution in [2.75, 3.05) is 6.61 Å². The standard InChI is InChI=1S/C10H28O6Si4.C6H10O3.Ti/c1-7-9-17(3)13-18(4,10-8-2)15-20(6,12)16-19(5,11)14-17;1-3-9-6(8)4-5(2)7;/h11-12H,7-10H2,1-6H3;4,7H,3H2,1-2H3;. The van der Waals surface area contributed by atoms with E-state index in [1.165, 1.54) is 20.0 Å². The van der Waals surface area contributed by atoms with E-state index in [9.17, 15) is 14.4 Å². The zero-order valence-electron chi connectivity index (χ0n) is 19.4. The predicted molar refractivity (Wildman–Crippen MR) is 118 cm³/mol. The van der Waals surface area contributed by atoms with E-state index in [1.807, 2.05) is 13.1 Å². The molecule has 0 aliphatic carbocycles. The van der Waals surface area contributed by atoms with Gasteiger partial charge in [0, 0.05) is 34.8 Å². The SMILES string of the molecule is CCC[Si]1(C)O[Si](C)(O)O[Si](C)(O)O[Si](C)(CCC)O1.CCOC(=O)C=C(C)O.[Ti]. The van der Waals surface area contributed by atoms with Gasteiger partial charge in [-0.1, -0.05) is 26.7 Å². The molecule has 0 radical (unpaired) electrons. The molecule has 1 aliphatic heterocycles. The number of esters is 1. The third-order valence-corrected chi connectivity index (χ3v) is 19.4. The van der Waals surface area contributed by atoms with Crippen molar-refractivity contribution in [1.82, 2.24) is 0 Å². The van der Waals surface area contributed by atoms with Crippen molar-refractivity contribution in [2.45, 2.75) is 78.8 Å². The molecule has 0 aromatic heterocycles. The topological polar surface area (TPSA) is 124 Å². The van der Waals surface area contributed by atoms with E-state index in [0.717, 1.165) is 31.0 Å². The molecule has 30 heavy (non-hydrogen) atoms. The van der Waals surface area contributed by atoms with Crippen LogP contribution in [0.25, 0.3) is 0 Å². The summed E-state index contributed by atoms with van der Waals surface area (Å²) in [4.78, 5) is 31.1. The summed E-state index contributed by atoms with van der Waals surface area (Å²) in [5.74, 6) is -0.536. The maximum absolute atomic E-state index is 10.4. The minimum Gasteiger partial charge on any atom is -0.512 e. The molecule has 0 aromatic carbocycles. The molecule has 4 atom stereocenters. The van der Waals surface area contributed by atoms with Gasteiger partial charge in [-0.2, -0.15) is 0 Å². The van der Waals surface area contributed by atoms with E-state index < -0.39 is 40.7 Å². The first-order valence-electron chi connectivity index (χ1n) is 9.91. The van der Waals surface area contributed by atoms with Gasteiger partial charge in [-0.05, 0) is 39.0 Å². The fourth-order valence-electron chi connectivity index (χ4n) is 3.16. The zero-order chi connectivity index (χ0) is 22.9. The van der Waals surface area contributed by atoms with Crippen molar-refractivity contribution >= 4 is 40.7 Å². The molecule has 1 rings (SSSR count). The summed E-state index contributed by atoms with van der Waals surface area (Å²) < 4.78 is 28.1. The van der Waals surface area contributed by atoms with Crippen LogP contribution in [0, 0.1) is 0 Å². The number of hydrogen-bond donors (Lipinski definition) is 3. The van der Waals surface area contributed by atoms with Crippen LogP contribution in [0.3, 0.4) is 0 Å². The molecule has 0 spiro atoms. The number of aliphatic hydroxyl groups excluding tert-OH is 1. The molecule has 0 amide bonds. The average Bonchev–Trinajstić information content (AvgIpc) is 2.42. The zero-order valence-corrected chi connectivity index (χ0v) is 25.0. The summed E-state index contributed by atoms with van der Waals surface area (Å²) in [5, 5.41) is 8.51. The van der Waals surface area contributed by atoms with Crippen LogP contribution in [-0.2, 0) is 47.7 Å². The second-order valence-electron chi connectivity index (χ2n) is 7.51. The summed E-state index contributed by atoms with van der Waals surface area (Å²) in [6.45, 7) is 14.5. The smallest absolute Gasteiger partial charge is 0.478 e. The number of ether oxygens (including phenoxy) is 1. The Labute approximate surface area is 199 Å². The minimum atomic E-state index is -3.42. The third-order valence-electron chi connectivity index (χ3n) is 3.64. The Morgan fingerprint density at radius 3 is 1.57 bits per heavy atom. The van der Waals surface area contributed by atoms with Crippen LogP contribution in [0.1, 0.15) is 40.5 Å². The Kier molecular flexibility index (Phi) is 15.0. The van der Waals surface area contributed by atoms with Gasteiger partial charge in [0.2, 0.25) is 0 Å². The van der Waals surface area contributed by atoms with E-state index in [2.05, 4.69) is 18.6 Å². The van der Waals surface area contributed by atoms with Crippen LogP contribution >= 0.6 is 0 Å². The monoisotopic (exact) mass is 534 g/mol. The van der Waals surface area contributed by atoms with E-state index in [1.54, 1.807) is 6.92 Å². The maximum Gasteiger partial charge on any atom is 0.478 e. The molecule has 1 saturated heterocycles. The van der Waals surface area contributed by atoms with Crippen LogP contribution in [-0.4, -0.2) is 62.0 Å². The van der Waals surface area contributed by atoms with Gasteiger partial charge >= 0.3 is 40.7 Å². The molecule has 3 N–H and O–H groups in total. The predicted octanol–water partition coefficient (Wildman–Crippen LogP) is 3.16. The Morgan fingerprint density at radius 1 is 0.867 bits per heavy atom. The van der Waals surface area contributed by atoms with Gasteiger partial charge in [0.05, 0.1) is 18.4 Å². The van der Waals surface area contributed by atoms with Gasteiger partial charge in [0.15, 0.2) is 0 Å². The van der Waals surface area contributed by atoms with Gasteiger partial charge in [-0.3, -0.25) is 0 Å². The molecule has 0 saturated carbocycles. The Hall–Kier alpha value is 0.352. The normalized spacial score (nSPS) is 34.5. The van der Waals surface area contributed by atoms with E-state index >= 15 is 0 Å². The first-order chi connectivity index (χ1) is 13.1. The van der Waals surface area contributed by atoms with Crippen LogP contribution in [0.2, 0.25) is 38.3 Å². The fourth-order valence-corrected chi connectivity index (χ4v) is 21.6. The molecule has 14 heteroatoms. The van der Waals surface area contributed by atoms with Gasteiger partial charge in [0.1, 0.15) is 0 Å². The molecule has 176 valence electrons. The molecule has 1 fully saturated rings. The number of rotatable bonds is 6. The first-order valence-corrected chi connectivity index (χ1v) is 19.5. The molecular weight excluding hydrogens is 496 g/mol. The van der Waals surface area contributed by atoms with Crippen LogP contribution < -0.4 is 0 Å². The number of hydrogen-bond acceptors (Lipinski definition) is 9. The fraction of sp³-hybridized carbons (Fsp3) is 0.812. The largest absolute Gasteiger partial charge is 0.512 e. The molecule has 0 aromatic rings. The van der Waals surface area contributed by atoms with Crippen molar-refractivity contribution in [3.63, 3.8) is 0 Å². The van der Waals surface area contributed by atoms with Gasteiger partial charge in [0.25, 0.3) is 0 Å². The van der Waals surface area contributed by atoms with Crippen molar-refractivity contribution in [3.8, 4) is 0 Å². The molecule has 1 aliphatic rings. The maximum atomic E-state index is 10.4. The Morgan fingerprint density at radius 2 is 1.27 bits per heavy atom. The summed E-state index contributed by atoms with van der Waals surface area (Å²) in [6.07, 6.45) is 2.86. The van der Waals surface area contributed by atoms with E-state index in [-0.39, 0.29) is 27.5 Å². The summed E-state index contributed by atoms with van der Waals surface area (Å²) >= 11 is 0. The number of carbonyl (C=O) groups is 1. The molecule has 0 bridgehead atoms. The van der Waals surface area contributed by atoms with Crippen LogP contribution in [0.4, 0.5) is 0 Å². The molecule has 1 heterocycles. The molecule has 4 unspecified atom stereocenters. The second-order valence-corrected chi connectivity index (χ2v) is 19.9. The van der Waals surface area contributed by atoms with Crippen LogP contribution in [0.5, 0.6) is 0 Å². The van der Waals surface area contributed by atoms with Gasteiger partial charge in [-0.15, -0.1) is 0 Å². The van der Waals surface area contributed by atoms with Crippen molar-refractivity contribution in [1.29, 1.82) is 0 Å². The Balaban J connectivity index is 0. The third kappa shape index (κ3) is 13.7. The number of aliphatic hydroxyl groups is 1. The second kappa shape index (κ2) is 13.8. The average molecular weight is 535 g/mol. The minimum absolute atomic E-state index is 0. The summed E-state index contributed by atoms with van der Waals surface area (Å²) in [7, 11) is -12.0. The quantitative estimate of drug-likeness (QED) is 0.204. The van der Waals surface area contributed by atoms with Crippen molar-refractivity contribution in [3.05, 3.63) is 11.8 Å². The van der Waals surface area contributed by atoms with E-state index in [4.69, 9.17) is 21.6 Å². The summed E-state index contributed by atoms with van der Waals surface area (Å²) in [5.41, 5.74) is 0. The van der Waals surface area contributed by atoms with E-state index in [0.29, 0.717) is 6.61 Å².